The van der Waals surface area contributed by atoms with Crippen LogP contribution >= 0.6 is 11.6 Å². The van der Waals surface area contributed by atoms with E-state index in [9.17, 15) is 0 Å². The lowest BCUT2D eigenvalue weighted by molar-refractivity contribution is 0.270. The Kier molecular flexibility index (Phi) is 4.34. The maximum atomic E-state index is 5.91. The molecule has 1 aromatic rings. The molecule has 0 aliphatic heterocycles. The van der Waals surface area contributed by atoms with Gasteiger partial charge in [0, 0.05) is 11.1 Å². The second-order valence-electron chi connectivity index (χ2n) is 6.68. The molecule has 0 heterocycles. The van der Waals surface area contributed by atoms with Gasteiger partial charge in [0.1, 0.15) is 0 Å². The van der Waals surface area contributed by atoms with E-state index in [0.29, 0.717) is 11.5 Å². The van der Waals surface area contributed by atoms with Gasteiger partial charge in [0.15, 0.2) is 0 Å². The van der Waals surface area contributed by atoms with E-state index in [1.807, 2.05) is 12.1 Å². The van der Waals surface area contributed by atoms with Crippen LogP contribution in [0.15, 0.2) is 24.3 Å². The largest absolute Gasteiger partial charge is 0.314 e. The molecule has 1 aliphatic carbocycles. The van der Waals surface area contributed by atoms with Crippen molar-refractivity contribution in [1.29, 1.82) is 0 Å². The highest BCUT2D eigenvalue weighted by Gasteiger charge is 2.29. The van der Waals surface area contributed by atoms with Crippen molar-refractivity contribution in [3.05, 3.63) is 34.9 Å². The minimum atomic E-state index is 0.437. The molecule has 1 N–H and O–H groups in total. The fraction of sp³-hybridized carbons (Fsp3) is 0.625. The van der Waals surface area contributed by atoms with E-state index in [-0.39, 0.29) is 0 Å². The van der Waals surface area contributed by atoms with Crippen molar-refractivity contribution in [3.63, 3.8) is 0 Å². The van der Waals surface area contributed by atoms with Crippen LogP contribution in [-0.2, 0) is 0 Å². The zero-order chi connectivity index (χ0) is 13.2. The number of rotatable bonds is 4. The molecule has 0 saturated heterocycles. The van der Waals surface area contributed by atoms with Crippen LogP contribution in [0.1, 0.15) is 51.5 Å². The third kappa shape index (κ3) is 4.00. The van der Waals surface area contributed by atoms with Gasteiger partial charge in [0.25, 0.3) is 0 Å². The molecule has 1 nitrogen and oxygen atoms in total. The fourth-order valence-electron chi connectivity index (χ4n) is 2.44. The molecule has 2 rings (SSSR count). The van der Waals surface area contributed by atoms with Crippen molar-refractivity contribution in [2.45, 2.75) is 52.0 Å². The van der Waals surface area contributed by atoms with Crippen LogP contribution in [-0.4, -0.2) is 12.6 Å². The maximum Gasteiger partial charge on any atom is 0.0406 e. The number of halogens is 1. The summed E-state index contributed by atoms with van der Waals surface area (Å²) in [6, 6.07) is 9.04. The van der Waals surface area contributed by atoms with Crippen molar-refractivity contribution in [1.82, 2.24) is 5.32 Å². The highest BCUT2D eigenvalue weighted by atomic mass is 35.5. The zero-order valence-corrected chi connectivity index (χ0v) is 12.4. The average molecular weight is 266 g/mol. The molecule has 18 heavy (non-hydrogen) atoms. The van der Waals surface area contributed by atoms with E-state index in [2.05, 4.69) is 38.2 Å². The quantitative estimate of drug-likeness (QED) is 0.838. The molecule has 0 bridgehead atoms. The molecule has 0 atom stereocenters. The third-order valence-corrected chi connectivity index (χ3v) is 4.04. The van der Waals surface area contributed by atoms with Gasteiger partial charge in [0.2, 0.25) is 0 Å². The van der Waals surface area contributed by atoms with Gasteiger partial charge in [-0.05, 0) is 54.8 Å². The molecule has 0 aromatic heterocycles. The first kappa shape index (κ1) is 13.9. The number of nitrogens with one attached hydrogen (secondary N) is 1. The predicted molar refractivity (Wildman–Crippen MR) is 79.3 cm³/mol. The van der Waals surface area contributed by atoms with Gasteiger partial charge in [-0.3, -0.25) is 0 Å². The number of benzene rings is 1. The number of hydrogen-bond donors (Lipinski definition) is 1. The van der Waals surface area contributed by atoms with Crippen molar-refractivity contribution in [2.75, 3.05) is 6.54 Å². The van der Waals surface area contributed by atoms with E-state index in [1.54, 1.807) is 0 Å². The first-order chi connectivity index (χ1) is 8.44. The molecular formula is C16H24ClN. The highest BCUT2D eigenvalue weighted by molar-refractivity contribution is 6.30. The molecule has 1 aliphatic rings. The summed E-state index contributed by atoms with van der Waals surface area (Å²) in [4.78, 5) is 0. The van der Waals surface area contributed by atoms with Gasteiger partial charge in [-0.1, -0.05) is 44.5 Å². The SMILES string of the molecule is CC(C)(C)CCNC1CC(c2ccc(Cl)cc2)C1. The molecule has 2 heteroatoms. The van der Waals surface area contributed by atoms with Gasteiger partial charge in [-0.15, -0.1) is 0 Å². The Bertz CT molecular complexity index is 371. The summed E-state index contributed by atoms with van der Waals surface area (Å²) in [5.74, 6) is 0.731. The summed E-state index contributed by atoms with van der Waals surface area (Å²) in [5, 5.41) is 4.49. The molecule has 0 amide bonds. The molecule has 0 spiro atoms. The van der Waals surface area contributed by atoms with Crippen LogP contribution < -0.4 is 5.32 Å². The van der Waals surface area contributed by atoms with Crippen LogP contribution in [0.25, 0.3) is 0 Å². The van der Waals surface area contributed by atoms with E-state index in [0.717, 1.165) is 17.5 Å². The predicted octanol–water partition coefficient (Wildman–Crippen LogP) is 4.61. The minimum Gasteiger partial charge on any atom is -0.314 e. The number of hydrogen-bond acceptors (Lipinski definition) is 1. The lowest BCUT2D eigenvalue weighted by Gasteiger charge is -2.37. The standard InChI is InChI=1S/C16H24ClN/c1-16(2,3)8-9-18-15-10-13(11-15)12-4-6-14(17)7-5-12/h4-7,13,15,18H,8-11H2,1-3H3. The summed E-state index contributed by atoms with van der Waals surface area (Å²) in [6.45, 7) is 8.03. The van der Waals surface area contributed by atoms with Crippen molar-refractivity contribution in [3.8, 4) is 0 Å². The van der Waals surface area contributed by atoms with E-state index < -0.39 is 0 Å². The normalized spacial score (nSPS) is 23.8. The van der Waals surface area contributed by atoms with Crippen LogP contribution in [0.2, 0.25) is 5.02 Å². The van der Waals surface area contributed by atoms with Crippen molar-refractivity contribution < 1.29 is 0 Å². The first-order valence-corrected chi connectivity index (χ1v) is 7.31. The van der Waals surface area contributed by atoms with Crippen LogP contribution in [0.4, 0.5) is 0 Å². The van der Waals surface area contributed by atoms with E-state index >= 15 is 0 Å². The monoisotopic (exact) mass is 265 g/mol. The maximum absolute atomic E-state index is 5.91. The topological polar surface area (TPSA) is 12.0 Å². The summed E-state index contributed by atoms with van der Waals surface area (Å²) in [7, 11) is 0. The Hall–Kier alpha value is -0.530. The fourth-order valence-corrected chi connectivity index (χ4v) is 2.57. The second-order valence-corrected chi connectivity index (χ2v) is 7.12. The average Bonchev–Trinajstić information content (AvgIpc) is 2.22. The summed E-state index contributed by atoms with van der Waals surface area (Å²) in [5.41, 5.74) is 1.88. The summed E-state index contributed by atoms with van der Waals surface area (Å²) >= 11 is 5.91. The Labute approximate surface area is 116 Å². The Morgan fingerprint density at radius 1 is 1.17 bits per heavy atom. The Balaban J connectivity index is 1.69. The van der Waals surface area contributed by atoms with Crippen LogP contribution in [0.5, 0.6) is 0 Å². The van der Waals surface area contributed by atoms with E-state index in [1.165, 1.54) is 24.8 Å². The van der Waals surface area contributed by atoms with Crippen LogP contribution in [0.3, 0.4) is 0 Å². The molecule has 0 radical (unpaired) electrons. The molecular weight excluding hydrogens is 242 g/mol. The Morgan fingerprint density at radius 3 is 2.33 bits per heavy atom. The third-order valence-electron chi connectivity index (χ3n) is 3.79. The summed E-state index contributed by atoms with van der Waals surface area (Å²) in [6.07, 6.45) is 3.78. The van der Waals surface area contributed by atoms with Gasteiger partial charge in [-0.25, -0.2) is 0 Å². The first-order valence-electron chi connectivity index (χ1n) is 6.93. The van der Waals surface area contributed by atoms with Gasteiger partial charge >= 0.3 is 0 Å². The molecule has 0 unspecified atom stereocenters. The van der Waals surface area contributed by atoms with Crippen LogP contribution in [0, 0.1) is 5.41 Å². The Morgan fingerprint density at radius 2 is 1.78 bits per heavy atom. The van der Waals surface area contributed by atoms with E-state index in [4.69, 9.17) is 11.6 Å². The van der Waals surface area contributed by atoms with Crippen molar-refractivity contribution >= 4 is 11.6 Å². The minimum absolute atomic E-state index is 0.437. The zero-order valence-electron chi connectivity index (χ0n) is 11.7. The molecule has 100 valence electrons. The lowest BCUT2D eigenvalue weighted by atomic mass is 9.76. The summed E-state index contributed by atoms with van der Waals surface area (Å²) < 4.78 is 0. The molecule has 1 aromatic carbocycles. The van der Waals surface area contributed by atoms with Gasteiger partial charge < -0.3 is 5.32 Å². The molecule has 1 fully saturated rings. The lowest BCUT2D eigenvalue weighted by Crippen LogP contribution is -2.41. The smallest absolute Gasteiger partial charge is 0.0406 e. The second kappa shape index (κ2) is 5.63. The molecule has 1 saturated carbocycles. The van der Waals surface area contributed by atoms with Gasteiger partial charge in [-0.2, -0.15) is 0 Å². The van der Waals surface area contributed by atoms with Gasteiger partial charge in [0.05, 0.1) is 0 Å². The van der Waals surface area contributed by atoms with Crippen molar-refractivity contribution in [2.24, 2.45) is 5.41 Å². The highest BCUT2D eigenvalue weighted by Crippen LogP contribution is 2.37.